The molecule has 140 valence electrons. The molecule has 2 heterocycles. The molecule has 1 aromatic carbocycles. The van der Waals surface area contributed by atoms with Gasteiger partial charge < -0.3 is 10.2 Å². The van der Waals surface area contributed by atoms with Crippen LogP contribution in [0.3, 0.4) is 0 Å². The maximum atomic E-state index is 12.4. The number of carbonyl (C=O) groups excluding carboxylic acids is 1. The van der Waals surface area contributed by atoms with Crippen molar-refractivity contribution >= 4 is 16.8 Å². The smallest absolute Gasteiger partial charge is 0.261 e. The van der Waals surface area contributed by atoms with Crippen molar-refractivity contribution in [2.45, 2.75) is 45.7 Å². The van der Waals surface area contributed by atoms with Gasteiger partial charge in [0.05, 0.1) is 17.2 Å². The number of benzene rings is 1. The molecule has 1 aliphatic heterocycles. The van der Waals surface area contributed by atoms with Crippen molar-refractivity contribution in [3.05, 3.63) is 40.9 Å². The first-order valence-electron chi connectivity index (χ1n) is 9.49. The van der Waals surface area contributed by atoms with Crippen molar-refractivity contribution in [2.24, 2.45) is 5.92 Å². The number of hydrogen-bond donors (Lipinski definition) is 1. The summed E-state index contributed by atoms with van der Waals surface area (Å²) in [5.41, 5.74) is 0.591. The number of rotatable bonds is 6. The van der Waals surface area contributed by atoms with E-state index >= 15 is 0 Å². The molecule has 0 spiro atoms. The Morgan fingerprint density at radius 1 is 1.35 bits per heavy atom. The Bertz CT molecular complexity index is 815. The van der Waals surface area contributed by atoms with Gasteiger partial charge in [-0.15, -0.1) is 0 Å². The molecule has 1 unspecified atom stereocenters. The Kier molecular flexibility index (Phi) is 6.04. The fourth-order valence-electron chi connectivity index (χ4n) is 3.57. The van der Waals surface area contributed by atoms with E-state index in [1.165, 1.54) is 17.3 Å². The van der Waals surface area contributed by atoms with Crippen LogP contribution in [0.15, 0.2) is 35.4 Å². The van der Waals surface area contributed by atoms with Crippen molar-refractivity contribution < 1.29 is 4.79 Å². The maximum absolute atomic E-state index is 12.4. The lowest BCUT2D eigenvalue weighted by molar-refractivity contribution is -0.121. The summed E-state index contributed by atoms with van der Waals surface area (Å²) < 4.78 is 1.52. The van der Waals surface area contributed by atoms with E-state index in [9.17, 15) is 9.59 Å². The zero-order valence-electron chi connectivity index (χ0n) is 15.6. The number of amides is 1. The van der Waals surface area contributed by atoms with Gasteiger partial charge in [0.1, 0.15) is 0 Å². The second-order valence-electron chi connectivity index (χ2n) is 7.41. The highest BCUT2D eigenvalue weighted by Crippen LogP contribution is 2.17. The molecule has 1 fully saturated rings. The molecule has 1 N–H and O–H groups in total. The van der Waals surface area contributed by atoms with Gasteiger partial charge in [-0.3, -0.25) is 14.2 Å². The molecule has 26 heavy (non-hydrogen) atoms. The Morgan fingerprint density at radius 3 is 2.96 bits per heavy atom. The molecule has 6 heteroatoms. The normalized spacial score (nSPS) is 18.3. The first kappa shape index (κ1) is 18.6. The predicted molar refractivity (Wildman–Crippen MR) is 103 cm³/mol. The highest BCUT2D eigenvalue weighted by atomic mass is 16.1. The molecule has 0 aliphatic carbocycles. The molecular formula is C20H28N4O2. The maximum Gasteiger partial charge on any atom is 0.261 e. The van der Waals surface area contributed by atoms with Crippen molar-refractivity contribution in [3.8, 4) is 0 Å². The van der Waals surface area contributed by atoms with Crippen LogP contribution in [0.4, 0.5) is 0 Å². The highest BCUT2D eigenvalue weighted by molar-refractivity contribution is 5.77. The lowest BCUT2D eigenvalue weighted by Crippen LogP contribution is -2.43. The van der Waals surface area contributed by atoms with Crippen LogP contribution in [0, 0.1) is 5.92 Å². The molecule has 3 rings (SSSR count). The van der Waals surface area contributed by atoms with Crippen molar-refractivity contribution in [1.82, 2.24) is 19.8 Å². The van der Waals surface area contributed by atoms with Crippen LogP contribution in [0.1, 0.15) is 33.1 Å². The number of hydrogen-bond acceptors (Lipinski definition) is 4. The molecule has 0 radical (unpaired) electrons. The molecule has 0 saturated carbocycles. The summed E-state index contributed by atoms with van der Waals surface area (Å²) in [5, 5.41) is 3.63. The van der Waals surface area contributed by atoms with E-state index in [0.717, 1.165) is 19.5 Å². The average Bonchev–Trinajstić information content (AvgIpc) is 2.66. The van der Waals surface area contributed by atoms with Gasteiger partial charge in [0.15, 0.2) is 0 Å². The molecule has 6 nitrogen and oxygen atoms in total. The molecule has 1 aliphatic rings. The standard InChI is InChI=1S/C20H28N4O2/c1-15(2)23-10-5-6-16(13-23)12-21-19(25)9-11-24-14-22-18-8-4-3-7-17(18)20(24)26/h3-4,7-8,14-16H,5-6,9-13H2,1-2H3,(H,21,25). The summed E-state index contributed by atoms with van der Waals surface area (Å²) in [6.45, 7) is 7.71. The summed E-state index contributed by atoms with van der Waals surface area (Å²) in [6, 6.07) is 7.83. The van der Waals surface area contributed by atoms with Crippen LogP contribution in [0.2, 0.25) is 0 Å². The fraction of sp³-hybridized carbons (Fsp3) is 0.550. The van der Waals surface area contributed by atoms with Crippen molar-refractivity contribution in [1.29, 1.82) is 0 Å². The van der Waals surface area contributed by atoms with E-state index in [2.05, 4.69) is 29.0 Å². The van der Waals surface area contributed by atoms with Crippen LogP contribution in [-0.2, 0) is 11.3 Å². The summed E-state index contributed by atoms with van der Waals surface area (Å²) in [6.07, 6.45) is 4.18. The van der Waals surface area contributed by atoms with Gasteiger partial charge in [-0.05, 0) is 51.3 Å². The average molecular weight is 356 g/mol. The number of carbonyl (C=O) groups is 1. The number of likely N-dealkylation sites (tertiary alicyclic amines) is 1. The largest absolute Gasteiger partial charge is 0.356 e. The number of aryl methyl sites for hydroxylation is 1. The quantitative estimate of drug-likeness (QED) is 0.860. The van der Waals surface area contributed by atoms with Crippen LogP contribution in [0.5, 0.6) is 0 Å². The third kappa shape index (κ3) is 4.49. The zero-order valence-corrected chi connectivity index (χ0v) is 15.6. The third-order valence-corrected chi connectivity index (χ3v) is 5.18. The monoisotopic (exact) mass is 356 g/mol. The highest BCUT2D eigenvalue weighted by Gasteiger charge is 2.21. The van der Waals surface area contributed by atoms with Crippen LogP contribution in [-0.4, -0.2) is 46.0 Å². The summed E-state index contributed by atoms with van der Waals surface area (Å²) in [5.74, 6) is 0.506. The molecular weight excluding hydrogens is 328 g/mol. The number of para-hydroxylation sites is 1. The number of aromatic nitrogens is 2. The van der Waals surface area contributed by atoms with E-state index in [1.54, 1.807) is 6.07 Å². The van der Waals surface area contributed by atoms with E-state index < -0.39 is 0 Å². The van der Waals surface area contributed by atoms with Gasteiger partial charge in [-0.2, -0.15) is 0 Å². The van der Waals surface area contributed by atoms with Crippen LogP contribution in [0.25, 0.3) is 10.9 Å². The zero-order chi connectivity index (χ0) is 18.5. The first-order chi connectivity index (χ1) is 12.5. The number of fused-ring (bicyclic) bond motifs is 1. The summed E-state index contributed by atoms with van der Waals surface area (Å²) in [4.78, 5) is 31.4. The van der Waals surface area contributed by atoms with Crippen LogP contribution < -0.4 is 10.9 Å². The Labute approximate surface area is 154 Å². The first-order valence-corrected chi connectivity index (χ1v) is 9.49. The van der Waals surface area contributed by atoms with E-state index in [-0.39, 0.29) is 11.5 Å². The van der Waals surface area contributed by atoms with E-state index in [1.807, 2.05) is 18.2 Å². The Balaban J connectivity index is 1.50. The minimum Gasteiger partial charge on any atom is -0.356 e. The number of piperidine rings is 1. The Morgan fingerprint density at radius 2 is 2.15 bits per heavy atom. The Hall–Kier alpha value is -2.21. The lowest BCUT2D eigenvalue weighted by Gasteiger charge is -2.35. The third-order valence-electron chi connectivity index (χ3n) is 5.18. The van der Waals surface area contributed by atoms with Crippen molar-refractivity contribution in [3.63, 3.8) is 0 Å². The minimum atomic E-state index is -0.0942. The summed E-state index contributed by atoms with van der Waals surface area (Å²) in [7, 11) is 0. The van der Waals surface area contributed by atoms with Gasteiger partial charge >= 0.3 is 0 Å². The van der Waals surface area contributed by atoms with E-state index in [0.29, 0.717) is 42.4 Å². The second-order valence-corrected chi connectivity index (χ2v) is 7.41. The molecule has 1 amide bonds. The van der Waals surface area contributed by atoms with Gasteiger partial charge in [-0.25, -0.2) is 4.98 Å². The minimum absolute atomic E-state index is 0.00766. The van der Waals surface area contributed by atoms with Gasteiger partial charge in [0.2, 0.25) is 5.91 Å². The molecule has 1 aromatic heterocycles. The fourth-order valence-corrected chi connectivity index (χ4v) is 3.57. The van der Waals surface area contributed by atoms with Crippen molar-refractivity contribution in [2.75, 3.05) is 19.6 Å². The van der Waals surface area contributed by atoms with Crippen LogP contribution >= 0.6 is 0 Å². The number of nitrogens with zero attached hydrogens (tertiary/aromatic N) is 3. The molecule has 1 saturated heterocycles. The molecule has 2 aromatic rings. The number of nitrogens with one attached hydrogen (secondary N) is 1. The van der Waals surface area contributed by atoms with Gasteiger partial charge in [-0.1, -0.05) is 12.1 Å². The lowest BCUT2D eigenvalue weighted by atomic mass is 9.97. The van der Waals surface area contributed by atoms with Gasteiger partial charge in [0, 0.05) is 32.1 Å². The predicted octanol–water partition coefficient (Wildman–Crippen LogP) is 2.02. The van der Waals surface area contributed by atoms with Gasteiger partial charge in [0.25, 0.3) is 5.56 Å². The SMILES string of the molecule is CC(C)N1CCCC(CNC(=O)CCn2cnc3ccccc3c2=O)C1. The molecule has 0 bridgehead atoms. The topological polar surface area (TPSA) is 67.2 Å². The second kappa shape index (κ2) is 8.45. The molecule has 1 atom stereocenters. The van der Waals surface area contributed by atoms with E-state index in [4.69, 9.17) is 0 Å². The summed E-state index contributed by atoms with van der Waals surface area (Å²) >= 11 is 0.